The normalized spacial score (nSPS) is 13.4. The Labute approximate surface area is 124 Å². The van der Waals surface area contributed by atoms with Gasteiger partial charge in [-0.05, 0) is 35.4 Å². The van der Waals surface area contributed by atoms with Crippen molar-refractivity contribution >= 4 is 6.29 Å². The minimum Gasteiger partial charge on any atom is -0.492 e. The third kappa shape index (κ3) is 2.90. The molecule has 2 aromatic carbocycles. The molecule has 1 aliphatic heterocycles. The number of benzene rings is 2. The van der Waals surface area contributed by atoms with E-state index in [1.807, 2.05) is 0 Å². The summed E-state index contributed by atoms with van der Waals surface area (Å²) in [6.45, 7) is 0.528. The average molecular weight is 308 g/mol. The lowest BCUT2D eigenvalue weighted by atomic mass is 9.98. The van der Waals surface area contributed by atoms with Gasteiger partial charge in [0, 0.05) is 17.5 Å². The lowest BCUT2D eigenvalue weighted by Gasteiger charge is -2.11. The third-order valence-corrected chi connectivity index (χ3v) is 3.34. The van der Waals surface area contributed by atoms with Crippen LogP contribution in [0.25, 0.3) is 11.1 Å². The number of alkyl halides is 3. The first kappa shape index (κ1) is 14.4. The summed E-state index contributed by atoms with van der Waals surface area (Å²) < 4.78 is 45.9. The number of aldehydes is 1. The molecule has 0 unspecified atom stereocenters. The largest absolute Gasteiger partial charge is 0.573 e. The Morgan fingerprint density at radius 3 is 2.50 bits per heavy atom. The van der Waals surface area contributed by atoms with Gasteiger partial charge in [-0.2, -0.15) is 0 Å². The van der Waals surface area contributed by atoms with Crippen molar-refractivity contribution in [1.29, 1.82) is 0 Å². The Balaban J connectivity index is 1.98. The van der Waals surface area contributed by atoms with Crippen LogP contribution in [0.15, 0.2) is 36.4 Å². The number of hydrogen-bond donors (Lipinski definition) is 0. The van der Waals surface area contributed by atoms with Gasteiger partial charge >= 0.3 is 6.36 Å². The molecule has 1 heterocycles. The molecule has 22 heavy (non-hydrogen) atoms. The summed E-state index contributed by atoms with van der Waals surface area (Å²) in [6, 6.07) is 8.91. The summed E-state index contributed by atoms with van der Waals surface area (Å²) in [5.41, 5.74) is 2.79. The Hall–Kier alpha value is -2.50. The fraction of sp³-hybridized carbons (Fsp3) is 0.188. The molecular weight excluding hydrogens is 297 g/mol. The smallest absolute Gasteiger partial charge is 0.492 e. The molecule has 0 saturated carbocycles. The van der Waals surface area contributed by atoms with E-state index in [0.717, 1.165) is 11.8 Å². The Morgan fingerprint density at radius 1 is 1.14 bits per heavy atom. The summed E-state index contributed by atoms with van der Waals surface area (Å²) in [5.74, 6) is 0.385. The molecule has 0 bridgehead atoms. The van der Waals surface area contributed by atoms with Crippen molar-refractivity contribution in [2.75, 3.05) is 6.61 Å². The lowest BCUT2D eigenvalue weighted by molar-refractivity contribution is -0.274. The molecule has 3 rings (SSSR count). The van der Waals surface area contributed by atoms with Gasteiger partial charge in [-0.1, -0.05) is 12.1 Å². The van der Waals surface area contributed by atoms with Crippen molar-refractivity contribution in [3.63, 3.8) is 0 Å². The zero-order valence-electron chi connectivity index (χ0n) is 11.3. The van der Waals surface area contributed by atoms with Crippen LogP contribution in [-0.4, -0.2) is 19.3 Å². The molecule has 6 heteroatoms. The zero-order valence-corrected chi connectivity index (χ0v) is 11.3. The van der Waals surface area contributed by atoms with E-state index in [9.17, 15) is 18.0 Å². The van der Waals surface area contributed by atoms with Crippen LogP contribution in [0.1, 0.15) is 15.9 Å². The van der Waals surface area contributed by atoms with Crippen molar-refractivity contribution in [1.82, 2.24) is 0 Å². The number of fused-ring (bicyclic) bond motifs is 1. The number of ether oxygens (including phenoxy) is 2. The molecule has 0 spiro atoms. The minimum absolute atomic E-state index is 0.291. The van der Waals surface area contributed by atoms with Gasteiger partial charge in [0.25, 0.3) is 0 Å². The SMILES string of the molecule is O=Cc1cc2c(c(-c3ccc(OC(F)(F)F)cc3)c1)OCC2. The standard InChI is InChI=1S/C16H11F3O3/c17-16(18,19)22-13-3-1-11(2-4-13)14-8-10(9-20)7-12-5-6-21-15(12)14/h1-4,7-9H,5-6H2. The zero-order chi connectivity index (χ0) is 15.7. The summed E-state index contributed by atoms with van der Waals surface area (Å²) in [4.78, 5) is 11.0. The van der Waals surface area contributed by atoms with Gasteiger partial charge in [0.05, 0.1) is 6.61 Å². The lowest BCUT2D eigenvalue weighted by Crippen LogP contribution is -2.16. The molecular formula is C16H11F3O3. The highest BCUT2D eigenvalue weighted by molar-refractivity contribution is 5.83. The van der Waals surface area contributed by atoms with Gasteiger partial charge in [-0.15, -0.1) is 13.2 Å². The third-order valence-electron chi connectivity index (χ3n) is 3.34. The summed E-state index contributed by atoms with van der Waals surface area (Å²) in [6.07, 6.45) is -3.27. The molecule has 114 valence electrons. The van der Waals surface area contributed by atoms with E-state index in [0.29, 0.717) is 35.5 Å². The molecule has 0 aliphatic carbocycles. The maximum absolute atomic E-state index is 12.2. The topological polar surface area (TPSA) is 35.5 Å². The molecule has 0 atom stereocenters. The van der Waals surface area contributed by atoms with E-state index >= 15 is 0 Å². The first-order valence-electron chi connectivity index (χ1n) is 6.57. The van der Waals surface area contributed by atoms with E-state index in [4.69, 9.17) is 4.74 Å². The van der Waals surface area contributed by atoms with Gasteiger partial charge < -0.3 is 9.47 Å². The van der Waals surface area contributed by atoms with Crippen LogP contribution in [-0.2, 0) is 6.42 Å². The Kier molecular flexibility index (Phi) is 3.52. The monoisotopic (exact) mass is 308 g/mol. The first-order chi connectivity index (χ1) is 10.5. The minimum atomic E-state index is -4.72. The van der Waals surface area contributed by atoms with Crippen molar-refractivity contribution < 1.29 is 27.4 Å². The summed E-state index contributed by atoms with van der Waals surface area (Å²) in [7, 11) is 0. The first-order valence-corrected chi connectivity index (χ1v) is 6.57. The van der Waals surface area contributed by atoms with E-state index in [-0.39, 0.29) is 5.75 Å². The number of carbonyl (C=O) groups is 1. The molecule has 3 nitrogen and oxygen atoms in total. The van der Waals surface area contributed by atoms with Crippen LogP contribution < -0.4 is 9.47 Å². The second kappa shape index (κ2) is 5.36. The molecule has 0 aromatic heterocycles. The number of halogens is 3. The second-order valence-corrected chi connectivity index (χ2v) is 4.85. The van der Waals surface area contributed by atoms with Gasteiger partial charge in [0.1, 0.15) is 17.8 Å². The van der Waals surface area contributed by atoms with Crippen LogP contribution >= 0.6 is 0 Å². The molecule has 0 radical (unpaired) electrons. The van der Waals surface area contributed by atoms with Crippen LogP contribution in [0.5, 0.6) is 11.5 Å². The van der Waals surface area contributed by atoms with Gasteiger partial charge in [0.2, 0.25) is 0 Å². The highest BCUT2D eigenvalue weighted by Gasteiger charge is 2.31. The molecule has 0 amide bonds. The maximum Gasteiger partial charge on any atom is 0.573 e. The maximum atomic E-state index is 12.2. The van der Waals surface area contributed by atoms with Gasteiger partial charge in [-0.3, -0.25) is 4.79 Å². The van der Waals surface area contributed by atoms with Crippen LogP contribution in [0, 0.1) is 0 Å². The molecule has 0 N–H and O–H groups in total. The van der Waals surface area contributed by atoms with E-state index in [2.05, 4.69) is 4.74 Å². The highest BCUT2D eigenvalue weighted by atomic mass is 19.4. The number of carbonyl (C=O) groups excluding carboxylic acids is 1. The van der Waals surface area contributed by atoms with Crippen LogP contribution in [0.3, 0.4) is 0 Å². The van der Waals surface area contributed by atoms with E-state index in [1.165, 1.54) is 24.3 Å². The summed E-state index contributed by atoms with van der Waals surface area (Å²) >= 11 is 0. The Bertz CT molecular complexity index is 706. The fourth-order valence-corrected chi connectivity index (χ4v) is 2.45. The fourth-order valence-electron chi connectivity index (χ4n) is 2.45. The van der Waals surface area contributed by atoms with Crippen LogP contribution in [0.2, 0.25) is 0 Å². The van der Waals surface area contributed by atoms with Crippen LogP contribution in [0.4, 0.5) is 13.2 Å². The number of rotatable bonds is 3. The molecule has 2 aromatic rings. The predicted octanol–water partition coefficient (Wildman–Crippen LogP) is 4.00. The van der Waals surface area contributed by atoms with Crippen molar-refractivity contribution in [2.45, 2.75) is 12.8 Å². The van der Waals surface area contributed by atoms with Crippen molar-refractivity contribution in [3.05, 3.63) is 47.5 Å². The summed E-state index contributed by atoms with van der Waals surface area (Å²) in [5, 5.41) is 0. The number of hydrogen-bond acceptors (Lipinski definition) is 3. The average Bonchev–Trinajstić information content (AvgIpc) is 2.93. The van der Waals surface area contributed by atoms with Crippen molar-refractivity contribution in [3.8, 4) is 22.6 Å². The van der Waals surface area contributed by atoms with Crippen molar-refractivity contribution in [2.24, 2.45) is 0 Å². The quantitative estimate of drug-likeness (QED) is 0.804. The van der Waals surface area contributed by atoms with E-state index in [1.54, 1.807) is 12.1 Å². The molecule has 0 saturated heterocycles. The Morgan fingerprint density at radius 2 is 1.86 bits per heavy atom. The van der Waals surface area contributed by atoms with Gasteiger partial charge in [0.15, 0.2) is 0 Å². The van der Waals surface area contributed by atoms with Gasteiger partial charge in [-0.25, -0.2) is 0 Å². The molecule has 1 aliphatic rings. The highest BCUT2D eigenvalue weighted by Crippen LogP contribution is 2.38. The molecule has 0 fully saturated rings. The van der Waals surface area contributed by atoms with E-state index < -0.39 is 6.36 Å². The second-order valence-electron chi connectivity index (χ2n) is 4.85. The predicted molar refractivity (Wildman–Crippen MR) is 73.1 cm³/mol.